The lowest BCUT2D eigenvalue weighted by atomic mass is 10.0. The highest BCUT2D eigenvalue weighted by Crippen LogP contribution is 2.16. The molecule has 0 aromatic carbocycles. The summed E-state index contributed by atoms with van der Waals surface area (Å²) in [5, 5.41) is 0. The molecule has 0 spiro atoms. The van der Waals surface area contributed by atoms with Gasteiger partial charge in [-0.15, -0.1) is 0 Å². The Hall–Kier alpha value is -3.93. The molecule has 6 nitrogen and oxygen atoms in total. The van der Waals surface area contributed by atoms with Gasteiger partial charge in [0.15, 0.2) is 6.10 Å². The standard InChI is InChI=1S/C73H124O6/c1-4-7-10-13-16-19-22-25-26-27-28-29-30-31-32-33-34-35-36-37-38-39-40-41-42-43-44-45-46-49-51-54-57-60-63-66-72(75)78-69-70(79-73(76)67-64-61-58-55-52-48-24-21-18-15-12-9-6-3)68-77-71(74)65-62-59-56-53-50-47-23-20-17-14-11-8-5-2/h7,10,12,15-16,19-21,23-26,28-29,31-32,34-35,70H,4-6,8-9,11,13-14,17-18,22,27,30,33,36-69H2,1-3H3/b10-7-,15-12-,19-16-,23-20-,24-21-,26-25-,29-28-,32-31-,35-34-. The Morgan fingerprint density at radius 3 is 0.835 bits per heavy atom. The summed E-state index contributed by atoms with van der Waals surface area (Å²) in [6, 6.07) is 0. The van der Waals surface area contributed by atoms with Crippen molar-refractivity contribution in [3.05, 3.63) is 109 Å². The third kappa shape index (κ3) is 64.8. The predicted molar refractivity (Wildman–Crippen MR) is 343 cm³/mol. The molecule has 0 aliphatic carbocycles. The van der Waals surface area contributed by atoms with Gasteiger partial charge in [-0.3, -0.25) is 14.4 Å². The molecule has 0 bridgehead atoms. The van der Waals surface area contributed by atoms with E-state index >= 15 is 0 Å². The van der Waals surface area contributed by atoms with E-state index in [0.717, 1.165) is 135 Å². The van der Waals surface area contributed by atoms with Crippen molar-refractivity contribution in [3.63, 3.8) is 0 Å². The van der Waals surface area contributed by atoms with Gasteiger partial charge in [-0.1, -0.05) is 284 Å². The van der Waals surface area contributed by atoms with E-state index < -0.39 is 6.10 Å². The van der Waals surface area contributed by atoms with Crippen molar-refractivity contribution in [1.29, 1.82) is 0 Å². The molecule has 0 N–H and O–H groups in total. The molecule has 1 unspecified atom stereocenters. The second-order valence-corrected chi connectivity index (χ2v) is 22.0. The topological polar surface area (TPSA) is 78.9 Å². The second kappa shape index (κ2) is 66.6. The molecule has 0 aliphatic heterocycles. The average molecular weight is 1100 g/mol. The number of unbranched alkanes of at least 4 members (excludes halogenated alkanes) is 31. The molecule has 452 valence electrons. The summed E-state index contributed by atoms with van der Waals surface area (Å²) in [5.74, 6) is -0.899. The van der Waals surface area contributed by atoms with Crippen LogP contribution in [0, 0.1) is 0 Å². The van der Waals surface area contributed by atoms with Crippen LogP contribution in [0.25, 0.3) is 0 Å². The molecular weight excluding hydrogens is 973 g/mol. The average Bonchev–Trinajstić information content (AvgIpc) is 3.45. The van der Waals surface area contributed by atoms with Gasteiger partial charge in [0.05, 0.1) is 0 Å². The van der Waals surface area contributed by atoms with Crippen molar-refractivity contribution in [3.8, 4) is 0 Å². The zero-order valence-electron chi connectivity index (χ0n) is 51.9. The molecule has 0 saturated carbocycles. The van der Waals surface area contributed by atoms with Gasteiger partial charge in [-0.05, 0) is 122 Å². The van der Waals surface area contributed by atoms with Crippen molar-refractivity contribution in [2.45, 2.75) is 322 Å². The summed E-state index contributed by atoms with van der Waals surface area (Å²) >= 11 is 0. The summed E-state index contributed by atoms with van der Waals surface area (Å²) in [5.41, 5.74) is 0. The molecule has 1 atom stereocenters. The lowest BCUT2D eigenvalue weighted by molar-refractivity contribution is -0.167. The number of hydrogen-bond acceptors (Lipinski definition) is 6. The summed E-state index contributed by atoms with van der Waals surface area (Å²) in [6.07, 6.45) is 91.2. The maximum atomic E-state index is 12.9. The van der Waals surface area contributed by atoms with Crippen molar-refractivity contribution in [2.75, 3.05) is 13.2 Å². The Morgan fingerprint density at radius 1 is 0.266 bits per heavy atom. The van der Waals surface area contributed by atoms with Gasteiger partial charge in [0.2, 0.25) is 0 Å². The van der Waals surface area contributed by atoms with Gasteiger partial charge in [0.25, 0.3) is 0 Å². The maximum Gasteiger partial charge on any atom is 0.306 e. The summed E-state index contributed by atoms with van der Waals surface area (Å²) < 4.78 is 16.9. The van der Waals surface area contributed by atoms with Crippen LogP contribution in [-0.2, 0) is 28.6 Å². The Labute approximate surface area is 489 Å². The van der Waals surface area contributed by atoms with Gasteiger partial charge in [0.1, 0.15) is 13.2 Å². The van der Waals surface area contributed by atoms with Crippen LogP contribution in [0.4, 0.5) is 0 Å². The lowest BCUT2D eigenvalue weighted by Gasteiger charge is -2.18. The van der Waals surface area contributed by atoms with E-state index in [1.807, 2.05) is 0 Å². The Morgan fingerprint density at radius 2 is 0.519 bits per heavy atom. The molecule has 0 aromatic heterocycles. The van der Waals surface area contributed by atoms with Gasteiger partial charge in [0, 0.05) is 19.3 Å². The number of hydrogen-bond donors (Lipinski definition) is 0. The molecule has 0 fully saturated rings. The number of rotatable bonds is 60. The molecule has 79 heavy (non-hydrogen) atoms. The maximum absolute atomic E-state index is 12.9. The molecule has 6 heteroatoms. The minimum absolute atomic E-state index is 0.0841. The van der Waals surface area contributed by atoms with Crippen LogP contribution in [0.1, 0.15) is 316 Å². The molecule has 0 radical (unpaired) electrons. The van der Waals surface area contributed by atoms with Crippen LogP contribution < -0.4 is 0 Å². The van der Waals surface area contributed by atoms with E-state index in [9.17, 15) is 14.4 Å². The van der Waals surface area contributed by atoms with E-state index in [1.165, 1.54) is 141 Å². The van der Waals surface area contributed by atoms with Crippen molar-refractivity contribution in [2.24, 2.45) is 0 Å². The number of allylic oxidation sites excluding steroid dienone is 18. The SMILES string of the molecule is CC/C=C\C/C=C\C/C=C\C/C=C\C/C=C\C/C=C\CCCCCCCCCCCCCCCCCCC(=O)OCC(COC(=O)CCCCCCC/C=C\CCCCCC)OC(=O)CCCCCCC/C=C\C/C=C\CCC. The third-order valence-corrected chi connectivity index (χ3v) is 14.2. The quantitative estimate of drug-likeness (QED) is 0.0261. The molecule has 0 aromatic rings. The highest BCUT2D eigenvalue weighted by Gasteiger charge is 2.19. The Balaban J connectivity index is 4.12. The highest BCUT2D eigenvalue weighted by atomic mass is 16.6. The smallest absolute Gasteiger partial charge is 0.306 e. The van der Waals surface area contributed by atoms with Crippen LogP contribution >= 0.6 is 0 Å². The number of esters is 3. The van der Waals surface area contributed by atoms with Crippen molar-refractivity contribution >= 4 is 17.9 Å². The lowest BCUT2D eigenvalue weighted by Crippen LogP contribution is -2.30. The minimum atomic E-state index is -0.788. The van der Waals surface area contributed by atoms with E-state index in [2.05, 4.69) is 130 Å². The molecular formula is C73H124O6. The molecule has 0 aliphatic rings. The number of carbonyl (C=O) groups excluding carboxylic acids is 3. The first-order chi connectivity index (χ1) is 39.0. The third-order valence-electron chi connectivity index (χ3n) is 14.2. The molecule has 0 heterocycles. The van der Waals surface area contributed by atoms with Crippen LogP contribution in [0.15, 0.2) is 109 Å². The van der Waals surface area contributed by atoms with Gasteiger partial charge in [-0.2, -0.15) is 0 Å². The largest absolute Gasteiger partial charge is 0.462 e. The fraction of sp³-hybridized carbons (Fsp3) is 0.712. The summed E-state index contributed by atoms with van der Waals surface area (Å²) in [6.45, 7) is 6.45. The zero-order chi connectivity index (χ0) is 57.1. The molecule has 0 rings (SSSR count). The van der Waals surface area contributed by atoms with Crippen LogP contribution in [-0.4, -0.2) is 37.2 Å². The predicted octanol–water partition coefficient (Wildman–Crippen LogP) is 23.0. The number of carbonyl (C=O) groups is 3. The molecule has 0 amide bonds. The first-order valence-corrected chi connectivity index (χ1v) is 33.4. The Bertz CT molecular complexity index is 1590. The van der Waals surface area contributed by atoms with Crippen molar-refractivity contribution < 1.29 is 28.6 Å². The first-order valence-electron chi connectivity index (χ1n) is 33.4. The van der Waals surface area contributed by atoms with Crippen LogP contribution in [0.2, 0.25) is 0 Å². The molecule has 0 saturated heterocycles. The van der Waals surface area contributed by atoms with Gasteiger partial charge < -0.3 is 14.2 Å². The number of ether oxygens (including phenoxy) is 3. The zero-order valence-corrected chi connectivity index (χ0v) is 51.9. The summed E-state index contributed by atoms with van der Waals surface area (Å²) in [4.78, 5) is 38.2. The fourth-order valence-electron chi connectivity index (χ4n) is 9.24. The van der Waals surface area contributed by atoms with E-state index in [-0.39, 0.29) is 31.1 Å². The van der Waals surface area contributed by atoms with Crippen LogP contribution in [0.3, 0.4) is 0 Å². The minimum Gasteiger partial charge on any atom is -0.462 e. The summed E-state index contributed by atoms with van der Waals surface area (Å²) in [7, 11) is 0. The Kier molecular flexibility index (Phi) is 63.3. The van der Waals surface area contributed by atoms with Crippen LogP contribution in [0.5, 0.6) is 0 Å². The normalized spacial score (nSPS) is 12.8. The van der Waals surface area contributed by atoms with E-state index in [1.54, 1.807) is 0 Å². The van der Waals surface area contributed by atoms with Crippen molar-refractivity contribution in [1.82, 2.24) is 0 Å². The van der Waals surface area contributed by atoms with Gasteiger partial charge >= 0.3 is 17.9 Å². The van der Waals surface area contributed by atoms with E-state index in [4.69, 9.17) is 14.2 Å². The fourth-order valence-corrected chi connectivity index (χ4v) is 9.24. The van der Waals surface area contributed by atoms with E-state index in [0.29, 0.717) is 19.3 Å². The second-order valence-electron chi connectivity index (χ2n) is 22.0. The van der Waals surface area contributed by atoms with Gasteiger partial charge in [-0.25, -0.2) is 0 Å². The monoisotopic (exact) mass is 1100 g/mol. The highest BCUT2D eigenvalue weighted by molar-refractivity contribution is 5.71. The first kappa shape index (κ1) is 75.1.